The van der Waals surface area contributed by atoms with Gasteiger partial charge in [0.2, 0.25) is 10.0 Å². The van der Waals surface area contributed by atoms with Crippen LogP contribution >= 0.6 is 11.6 Å². The van der Waals surface area contributed by atoms with Gasteiger partial charge in [0.15, 0.2) is 0 Å². The lowest BCUT2D eigenvalue weighted by Gasteiger charge is -2.45. The van der Waals surface area contributed by atoms with E-state index in [9.17, 15) is 8.42 Å². The molecule has 1 aromatic carbocycles. The van der Waals surface area contributed by atoms with Gasteiger partial charge >= 0.3 is 0 Å². The molecule has 0 aromatic heterocycles. The van der Waals surface area contributed by atoms with Gasteiger partial charge < -0.3 is 10.6 Å². The van der Waals surface area contributed by atoms with Gasteiger partial charge in [-0.25, -0.2) is 8.42 Å². The maximum absolute atomic E-state index is 12.9. The molecule has 8 heteroatoms. The molecule has 6 nitrogen and oxygen atoms in total. The molecule has 3 aliphatic rings. The van der Waals surface area contributed by atoms with Crippen molar-refractivity contribution in [1.29, 1.82) is 0 Å². The smallest absolute Gasteiger partial charge is 0.243 e. The van der Waals surface area contributed by atoms with Crippen LogP contribution in [0.4, 0.5) is 0 Å². The van der Waals surface area contributed by atoms with Gasteiger partial charge in [0, 0.05) is 30.7 Å². The molecule has 27 heavy (non-hydrogen) atoms. The van der Waals surface area contributed by atoms with Crippen molar-refractivity contribution < 1.29 is 8.42 Å². The van der Waals surface area contributed by atoms with Crippen molar-refractivity contribution in [3.8, 4) is 0 Å². The van der Waals surface area contributed by atoms with Gasteiger partial charge in [-0.2, -0.15) is 4.31 Å². The molecule has 2 heterocycles. The Hall–Kier alpha value is -1.15. The van der Waals surface area contributed by atoms with Crippen LogP contribution in [0.2, 0.25) is 5.02 Å². The van der Waals surface area contributed by atoms with Gasteiger partial charge in [0.05, 0.1) is 17.0 Å². The van der Waals surface area contributed by atoms with Gasteiger partial charge in [-0.05, 0) is 49.9 Å². The van der Waals surface area contributed by atoms with Crippen LogP contribution in [0.5, 0.6) is 0 Å². The number of piperidine rings is 1. The molecule has 0 bridgehead atoms. The molecule has 4 rings (SSSR count). The Bertz CT molecular complexity index is 796. The van der Waals surface area contributed by atoms with Crippen LogP contribution in [0, 0.1) is 0 Å². The summed E-state index contributed by atoms with van der Waals surface area (Å²) in [6, 6.07) is 6.92. The zero-order valence-electron chi connectivity index (χ0n) is 15.5. The average molecular weight is 411 g/mol. The van der Waals surface area contributed by atoms with E-state index in [0.29, 0.717) is 29.0 Å². The summed E-state index contributed by atoms with van der Waals surface area (Å²) in [6.07, 6.45) is 6.42. The normalized spacial score (nSPS) is 24.1. The number of aliphatic imine (C=N–C) groups is 1. The van der Waals surface area contributed by atoms with E-state index in [1.807, 2.05) is 0 Å². The summed E-state index contributed by atoms with van der Waals surface area (Å²) in [7, 11) is -3.49. The molecule has 2 N–H and O–H groups in total. The van der Waals surface area contributed by atoms with E-state index < -0.39 is 10.0 Å². The molecule has 0 atom stereocenters. The minimum atomic E-state index is -3.49. The van der Waals surface area contributed by atoms with Crippen LogP contribution in [0.25, 0.3) is 0 Å². The molecule has 1 aromatic rings. The van der Waals surface area contributed by atoms with Crippen molar-refractivity contribution >= 4 is 27.5 Å². The molecule has 1 saturated carbocycles. The zero-order valence-corrected chi connectivity index (χ0v) is 17.0. The third kappa shape index (κ3) is 3.88. The molecule has 1 aliphatic carbocycles. The number of rotatable bonds is 3. The highest BCUT2D eigenvalue weighted by Gasteiger charge is 2.43. The number of amidine groups is 1. The van der Waals surface area contributed by atoms with Gasteiger partial charge in [-0.3, -0.25) is 4.99 Å². The van der Waals surface area contributed by atoms with E-state index in [-0.39, 0.29) is 5.54 Å². The Morgan fingerprint density at radius 3 is 2.48 bits per heavy atom. The molecular formula is C19H27ClN4O2S. The molecule has 148 valence electrons. The molecule has 0 unspecified atom stereocenters. The molecular weight excluding hydrogens is 384 g/mol. The van der Waals surface area contributed by atoms with E-state index in [4.69, 9.17) is 16.6 Å². The maximum Gasteiger partial charge on any atom is 0.243 e. The molecule has 1 saturated heterocycles. The van der Waals surface area contributed by atoms with Gasteiger partial charge in [-0.1, -0.05) is 24.4 Å². The maximum atomic E-state index is 12.9. The van der Waals surface area contributed by atoms with E-state index in [1.165, 1.54) is 25.7 Å². The first kappa shape index (κ1) is 19.2. The highest BCUT2D eigenvalue weighted by Crippen LogP contribution is 2.30. The Morgan fingerprint density at radius 2 is 1.81 bits per heavy atom. The highest BCUT2D eigenvalue weighted by molar-refractivity contribution is 7.89. The minimum Gasteiger partial charge on any atom is -0.370 e. The highest BCUT2D eigenvalue weighted by atomic mass is 35.5. The van der Waals surface area contributed by atoms with Gasteiger partial charge in [0.25, 0.3) is 0 Å². The van der Waals surface area contributed by atoms with E-state index in [1.54, 1.807) is 28.6 Å². The lowest BCUT2D eigenvalue weighted by atomic mass is 9.85. The van der Waals surface area contributed by atoms with Crippen LogP contribution in [0.1, 0.15) is 38.5 Å². The Kier molecular flexibility index (Phi) is 5.47. The summed E-state index contributed by atoms with van der Waals surface area (Å²) in [6.45, 7) is 2.61. The number of nitrogens with zero attached hydrogens (tertiary/aromatic N) is 2. The second-order valence-electron chi connectivity index (χ2n) is 7.72. The second-order valence-corrected chi connectivity index (χ2v) is 10.1. The molecule has 0 radical (unpaired) electrons. The van der Waals surface area contributed by atoms with E-state index in [2.05, 4.69) is 10.6 Å². The minimum absolute atomic E-state index is 0.215. The first-order valence-electron chi connectivity index (χ1n) is 9.82. The summed E-state index contributed by atoms with van der Waals surface area (Å²) in [5.41, 5.74) is -0.215. The van der Waals surface area contributed by atoms with Crippen LogP contribution in [-0.4, -0.2) is 56.3 Å². The zero-order chi connectivity index (χ0) is 18.9. The quantitative estimate of drug-likeness (QED) is 0.802. The van der Waals surface area contributed by atoms with E-state index >= 15 is 0 Å². The Labute approximate surface area is 166 Å². The lowest BCUT2D eigenvalue weighted by Crippen LogP contribution is -2.65. The van der Waals surface area contributed by atoms with Crippen molar-refractivity contribution in [3.63, 3.8) is 0 Å². The van der Waals surface area contributed by atoms with Crippen molar-refractivity contribution in [2.75, 3.05) is 26.2 Å². The lowest BCUT2D eigenvalue weighted by molar-refractivity contribution is 0.240. The van der Waals surface area contributed by atoms with Crippen molar-refractivity contribution in [1.82, 2.24) is 14.9 Å². The first-order chi connectivity index (χ1) is 13.0. The van der Waals surface area contributed by atoms with Crippen molar-refractivity contribution in [3.05, 3.63) is 29.3 Å². The number of hydrogen-bond acceptors (Lipinski definition) is 5. The fraction of sp³-hybridized carbons (Fsp3) is 0.632. The van der Waals surface area contributed by atoms with Gasteiger partial charge in [0.1, 0.15) is 5.84 Å². The largest absolute Gasteiger partial charge is 0.370 e. The van der Waals surface area contributed by atoms with Crippen LogP contribution in [-0.2, 0) is 10.0 Å². The molecule has 1 spiro atoms. The third-order valence-corrected chi connectivity index (χ3v) is 8.19. The van der Waals surface area contributed by atoms with E-state index in [0.717, 1.165) is 31.8 Å². The fourth-order valence-corrected chi connectivity index (χ4v) is 5.99. The summed E-state index contributed by atoms with van der Waals surface area (Å²) in [4.78, 5) is 5.09. The van der Waals surface area contributed by atoms with Gasteiger partial charge in [-0.15, -0.1) is 0 Å². The van der Waals surface area contributed by atoms with Crippen LogP contribution in [0.3, 0.4) is 0 Å². The number of hydrogen-bond donors (Lipinski definition) is 2. The number of sulfonamides is 1. The Morgan fingerprint density at radius 1 is 1.15 bits per heavy atom. The monoisotopic (exact) mass is 410 g/mol. The predicted molar refractivity (Wildman–Crippen MR) is 108 cm³/mol. The van der Waals surface area contributed by atoms with Crippen LogP contribution < -0.4 is 10.6 Å². The summed E-state index contributed by atoms with van der Waals surface area (Å²) in [5.74, 6) is 1.05. The molecule has 2 fully saturated rings. The number of nitrogens with one attached hydrogen (secondary N) is 2. The summed E-state index contributed by atoms with van der Waals surface area (Å²) < 4.78 is 27.5. The van der Waals surface area contributed by atoms with Crippen molar-refractivity contribution in [2.45, 2.75) is 55.0 Å². The average Bonchev–Trinajstić information content (AvgIpc) is 3.18. The fourth-order valence-electron chi connectivity index (χ4n) is 4.42. The first-order valence-corrected chi connectivity index (χ1v) is 11.6. The third-order valence-electron chi connectivity index (χ3n) is 6.02. The topological polar surface area (TPSA) is 73.8 Å². The standard InChI is InChI=1S/C19H27ClN4O2S/c20-15-5-7-17(8-6-15)27(25,26)24-13-9-19(10-14-24)18(21-11-12-22-19)23-16-3-1-2-4-16/h5-8,16,22H,1-4,9-14H2,(H,21,23). The molecule has 0 amide bonds. The number of halogens is 1. The van der Waals surface area contributed by atoms with Crippen molar-refractivity contribution in [2.24, 2.45) is 4.99 Å². The second kappa shape index (κ2) is 7.70. The molecule has 2 aliphatic heterocycles. The summed E-state index contributed by atoms with van der Waals surface area (Å²) in [5, 5.41) is 7.86. The summed E-state index contributed by atoms with van der Waals surface area (Å²) >= 11 is 5.89. The van der Waals surface area contributed by atoms with Crippen LogP contribution in [0.15, 0.2) is 34.2 Å². The SMILES string of the molecule is O=S(=O)(c1ccc(Cl)cc1)N1CCC2(CC1)NCCN=C2NC1CCCC1. The Balaban J connectivity index is 1.47. The predicted octanol–water partition coefficient (Wildman–Crippen LogP) is 2.40. The number of benzene rings is 1.